The van der Waals surface area contributed by atoms with Gasteiger partial charge in [-0.25, -0.2) is 13.8 Å². The van der Waals surface area contributed by atoms with E-state index in [1.54, 1.807) is 0 Å². The zero-order valence-corrected chi connectivity index (χ0v) is 7.68. The molecule has 0 saturated heterocycles. The van der Waals surface area contributed by atoms with Crippen LogP contribution in [0.4, 0.5) is 13.9 Å². The van der Waals surface area contributed by atoms with Gasteiger partial charge in [0.2, 0.25) is 5.13 Å². The quantitative estimate of drug-likeness (QED) is 0.768. The van der Waals surface area contributed by atoms with Gasteiger partial charge >= 0.3 is 0 Å². The molecule has 4 nitrogen and oxygen atoms in total. The first-order chi connectivity index (χ1) is 6.24. The topological polar surface area (TPSA) is 55.0 Å². The molecule has 0 amide bonds. The van der Waals surface area contributed by atoms with Crippen molar-refractivity contribution in [2.24, 2.45) is 5.73 Å². The van der Waals surface area contributed by atoms with Crippen LogP contribution in [-0.4, -0.2) is 35.4 Å². The van der Waals surface area contributed by atoms with E-state index < -0.39 is 6.43 Å². The van der Waals surface area contributed by atoms with E-state index in [9.17, 15) is 8.78 Å². The second-order valence-electron chi connectivity index (χ2n) is 2.35. The Morgan fingerprint density at radius 1 is 1.62 bits per heavy atom. The lowest BCUT2D eigenvalue weighted by molar-refractivity contribution is 0.155. The molecular formula is C6H10F2N4S. The molecule has 13 heavy (non-hydrogen) atoms. The molecule has 0 unspecified atom stereocenters. The Morgan fingerprint density at radius 3 is 2.85 bits per heavy atom. The number of rotatable bonds is 5. The Bertz CT molecular complexity index is 229. The standard InChI is InChI=1S/C6H10F2N4S/c7-5(8)3-12(2-1-9)6-10-4-11-13-6/h4-5H,1-3,9H2. The van der Waals surface area contributed by atoms with Crippen molar-refractivity contribution < 1.29 is 8.78 Å². The molecule has 0 aliphatic carbocycles. The van der Waals surface area contributed by atoms with Crippen molar-refractivity contribution >= 4 is 16.7 Å². The SMILES string of the molecule is NCCN(CC(F)F)c1ncns1. The van der Waals surface area contributed by atoms with E-state index in [-0.39, 0.29) is 6.54 Å². The van der Waals surface area contributed by atoms with Crippen LogP contribution in [0.15, 0.2) is 6.33 Å². The Balaban J connectivity index is 2.57. The van der Waals surface area contributed by atoms with Gasteiger partial charge in [-0.05, 0) is 0 Å². The van der Waals surface area contributed by atoms with E-state index in [0.717, 1.165) is 11.5 Å². The smallest absolute Gasteiger partial charge is 0.255 e. The highest BCUT2D eigenvalue weighted by Gasteiger charge is 2.14. The Labute approximate surface area is 78.5 Å². The monoisotopic (exact) mass is 208 g/mol. The summed E-state index contributed by atoms with van der Waals surface area (Å²) in [4.78, 5) is 5.27. The highest BCUT2D eigenvalue weighted by atomic mass is 32.1. The summed E-state index contributed by atoms with van der Waals surface area (Å²) in [5, 5.41) is 0.491. The maximum absolute atomic E-state index is 12.1. The van der Waals surface area contributed by atoms with E-state index in [2.05, 4.69) is 9.36 Å². The minimum atomic E-state index is -2.38. The van der Waals surface area contributed by atoms with Crippen molar-refractivity contribution in [1.29, 1.82) is 0 Å². The van der Waals surface area contributed by atoms with Crippen LogP contribution in [0.25, 0.3) is 0 Å². The minimum Gasteiger partial charge on any atom is -0.340 e. The van der Waals surface area contributed by atoms with Crippen LogP contribution in [0.5, 0.6) is 0 Å². The summed E-state index contributed by atoms with van der Waals surface area (Å²) in [6.07, 6.45) is -1.04. The molecule has 0 bridgehead atoms. The molecule has 7 heteroatoms. The van der Waals surface area contributed by atoms with Crippen molar-refractivity contribution in [2.75, 3.05) is 24.5 Å². The molecule has 1 aromatic rings. The predicted molar refractivity (Wildman–Crippen MR) is 47.2 cm³/mol. The lowest BCUT2D eigenvalue weighted by Crippen LogP contribution is -2.33. The van der Waals surface area contributed by atoms with Crippen LogP contribution in [0.1, 0.15) is 0 Å². The van der Waals surface area contributed by atoms with Gasteiger partial charge < -0.3 is 10.6 Å². The maximum atomic E-state index is 12.1. The first-order valence-electron chi connectivity index (χ1n) is 3.74. The number of hydrogen-bond acceptors (Lipinski definition) is 5. The third-order valence-electron chi connectivity index (χ3n) is 1.38. The maximum Gasteiger partial charge on any atom is 0.255 e. The highest BCUT2D eigenvalue weighted by molar-refractivity contribution is 7.09. The fourth-order valence-electron chi connectivity index (χ4n) is 0.894. The molecule has 0 saturated carbocycles. The van der Waals surface area contributed by atoms with Gasteiger partial charge in [-0.2, -0.15) is 4.37 Å². The highest BCUT2D eigenvalue weighted by Crippen LogP contribution is 2.15. The van der Waals surface area contributed by atoms with Crippen LogP contribution >= 0.6 is 11.5 Å². The molecule has 1 aromatic heterocycles. The largest absolute Gasteiger partial charge is 0.340 e. The van der Waals surface area contributed by atoms with Gasteiger partial charge in [-0.3, -0.25) is 0 Å². The molecule has 0 aliphatic rings. The normalized spacial score (nSPS) is 10.8. The van der Waals surface area contributed by atoms with Crippen LogP contribution in [0.2, 0.25) is 0 Å². The average molecular weight is 208 g/mol. The fourth-order valence-corrected chi connectivity index (χ4v) is 1.46. The van der Waals surface area contributed by atoms with Crippen molar-refractivity contribution in [3.63, 3.8) is 0 Å². The summed E-state index contributed by atoms with van der Waals surface area (Å²) in [6.45, 7) is 0.359. The lowest BCUT2D eigenvalue weighted by atomic mass is 10.5. The molecule has 0 spiro atoms. The number of hydrogen-bond donors (Lipinski definition) is 1. The number of alkyl halides is 2. The van der Waals surface area contributed by atoms with Gasteiger partial charge in [0.25, 0.3) is 6.43 Å². The summed E-state index contributed by atoms with van der Waals surface area (Å²) in [5.74, 6) is 0. The number of nitrogens with zero attached hydrogens (tertiary/aromatic N) is 3. The molecular weight excluding hydrogens is 198 g/mol. The van der Waals surface area contributed by atoms with Crippen molar-refractivity contribution in [2.45, 2.75) is 6.43 Å². The molecule has 0 atom stereocenters. The third kappa shape index (κ3) is 3.19. The Kier molecular flexibility index (Phi) is 3.97. The van der Waals surface area contributed by atoms with E-state index >= 15 is 0 Å². The molecule has 74 valence electrons. The van der Waals surface area contributed by atoms with E-state index in [1.807, 2.05) is 0 Å². The second kappa shape index (κ2) is 5.03. The number of halogens is 2. The summed E-state index contributed by atoms with van der Waals surface area (Å²) >= 11 is 1.09. The minimum absolute atomic E-state index is 0.326. The summed E-state index contributed by atoms with van der Waals surface area (Å²) < 4.78 is 27.9. The summed E-state index contributed by atoms with van der Waals surface area (Å²) in [5.41, 5.74) is 5.28. The van der Waals surface area contributed by atoms with Gasteiger partial charge in [0.05, 0.1) is 6.54 Å². The Hall–Kier alpha value is -0.820. The average Bonchev–Trinajstić information content (AvgIpc) is 2.54. The predicted octanol–water partition coefficient (Wildman–Crippen LogP) is 0.568. The first kappa shape index (κ1) is 10.3. The number of nitrogens with two attached hydrogens (primary N) is 1. The van der Waals surface area contributed by atoms with Gasteiger partial charge in [0.15, 0.2) is 0 Å². The molecule has 2 N–H and O–H groups in total. The summed E-state index contributed by atoms with van der Waals surface area (Å²) in [6, 6.07) is 0. The van der Waals surface area contributed by atoms with Gasteiger partial charge in [-0.15, -0.1) is 0 Å². The van der Waals surface area contributed by atoms with Crippen LogP contribution in [0.3, 0.4) is 0 Å². The zero-order chi connectivity index (χ0) is 9.68. The molecule has 0 aromatic carbocycles. The van der Waals surface area contributed by atoms with E-state index in [4.69, 9.17) is 5.73 Å². The molecule has 1 heterocycles. The molecule has 0 radical (unpaired) electrons. The summed E-state index contributed by atoms with van der Waals surface area (Å²) in [7, 11) is 0. The molecule has 0 aliphatic heterocycles. The lowest BCUT2D eigenvalue weighted by Gasteiger charge is -2.19. The first-order valence-corrected chi connectivity index (χ1v) is 4.51. The van der Waals surface area contributed by atoms with Crippen molar-refractivity contribution in [3.05, 3.63) is 6.33 Å². The zero-order valence-electron chi connectivity index (χ0n) is 6.86. The van der Waals surface area contributed by atoms with E-state index in [1.165, 1.54) is 11.2 Å². The fraction of sp³-hybridized carbons (Fsp3) is 0.667. The van der Waals surface area contributed by atoms with E-state index in [0.29, 0.717) is 18.2 Å². The van der Waals surface area contributed by atoms with Crippen LogP contribution in [-0.2, 0) is 0 Å². The molecule has 0 fully saturated rings. The van der Waals surface area contributed by atoms with Gasteiger partial charge in [0, 0.05) is 24.6 Å². The Morgan fingerprint density at radius 2 is 2.38 bits per heavy atom. The third-order valence-corrected chi connectivity index (χ3v) is 2.10. The van der Waals surface area contributed by atoms with Crippen molar-refractivity contribution in [3.8, 4) is 0 Å². The second-order valence-corrected chi connectivity index (χ2v) is 3.11. The number of aromatic nitrogens is 2. The van der Waals surface area contributed by atoms with Crippen LogP contribution < -0.4 is 10.6 Å². The van der Waals surface area contributed by atoms with Gasteiger partial charge in [0.1, 0.15) is 6.33 Å². The van der Waals surface area contributed by atoms with Crippen molar-refractivity contribution in [1.82, 2.24) is 9.36 Å². The van der Waals surface area contributed by atoms with Crippen LogP contribution in [0, 0.1) is 0 Å². The number of anilines is 1. The van der Waals surface area contributed by atoms with Gasteiger partial charge in [-0.1, -0.05) is 0 Å². The molecule has 1 rings (SSSR count).